The van der Waals surface area contributed by atoms with E-state index in [4.69, 9.17) is 0 Å². The third-order valence-corrected chi connectivity index (χ3v) is 2.77. The molecule has 0 saturated heterocycles. The fraction of sp³-hybridized carbons (Fsp3) is 0.769. The van der Waals surface area contributed by atoms with Gasteiger partial charge < -0.3 is 47.2 Å². The standard InChI is InChI=1S/2C6H13.3C4H9.C2H5.5Mg.4H/c2*1-3-5-6-4-2;3*1-3-4-2;1-2;;;;;;;;;/h2*1,3-6H2,2H3;3*1,3-4H2,2H3;1H2,2H3;;;;;;;;;/q6*-1;5*+2;4*-1. The average Bonchev–Trinajstić information content (AvgIpc) is 2.73. The number of rotatable bonds is 9. The van der Waals surface area contributed by atoms with Gasteiger partial charge in [-0.3, -0.25) is 0 Å². The van der Waals surface area contributed by atoms with Gasteiger partial charge in [0.15, 0.2) is 0 Å². The molecule has 0 unspecified atom stereocenters. The topological polar surface area (TPSA) is 0 Å². The van der Waals surface area contributed by atoms with Crippen LogP contribution in [0.1, 0.15) is 137 Å². The largest absolute Gasteiger partial charge is 2.00 e. The Labute approximate surface area is 290 Å². The molecule has 0 aliphatic carbocycles. The predicted molar refractivity (Wildman–Crippen MR) is 164 cm³/mol. The monoisotopic (exact) mass is 494 g/mol. The van der Waals surface area contributed by atoms with Gasteiger partial charge in [0.2, 0.25) is 0 Å². The molecule has 0 aliphatic rings. The van der Waals surface area contributed by atoms with E-state index in [0.29, 0.717) is 0 Å². The molecule has 0 bridgehead atoms. The Kier molecular flexibility index (Phi) is 260. The minimum absolute atomic E-state index is 0. The summed E-state index contributed by atoms with van der Waals surface area (Å²) < 4.78 is 0. The SMILES string of the molecule is [CH2-]C.[CH2-]CCC.[CH2-]CCC.[CH2-]CCC.[CH2-]CCCCC.[CH2-]CCCCC.[H-].[H-].[H-].[H-].[Mg+2].[Mg+2].[Mg+2].[Mg+2].[Mg+2]. The number of hydrogen-bond acceptors (Lipinski definition) is 0. The molecule has 0 atom stereocenters. The first-order valence-electron chi connectivity index (χ1n) is 11.2. The molecule has 0 aromatic rings. The van der Waals surface area contributed by atoms with Crippen molar-refractivity contribution in [3.8, 4) is 0 Å². The van der Waals surface area contributed by atoms with Crippen molar-refractivity contribution in [1.29, 1.82) is 0 Å². The van der Waals surface area contributed by atoms with Crippen molar-refractivity contribution in [3.05, 3.63) is 41.5 Å². The van der Waals surface area contributed by atoms with Crippen LogP contribution in [0.15, 0.2) is 0 Å². The molecule has 0 spiro atoms. The van der Waals surface area contributed by atoms with E-state index in [2.05, 4.69) is 76.2 Å². The Morgan fingerprint density at radius 3 is 0.548 bits per heavy atom. The second-order valence-corrected chi connectivity index (χ2v) is 5.68. The second-order valence-electron chi connectivity index (χ2n) is 5.68. The summed E-state index contributed by atoms with van der Waals surface area (Å²) in [4.78, 5) is 0. The molecule has 0 rings (SSSR count). The van der Waals surface area contributed by atoms with Crippen LogP contribution in [0.3, 0.4) is 0 Å². The van der Waals surface area contributed by atoms with Gasteiger partial charge >= 0.3 is 115 Å². The van der Waals surface area contributed by atoms with Crippen molar-refractivity contribution in [1.82, 2.24) is 0 Å². The molecule has 0 aromatic heterocycles. The van der Waals surface area contributed by atoms with Gasteiger partial charge in [0.05, 0.1) is 0 Å². The molecule has 176 valence electrons. The van der Waals surface area contributed by atoms with E-state index in [0.717, 1.165) is 32.1 Å². The van der Waals surface area contributed by atoms with E-state index in [-0.39, 0.29) is 121 Å². The molecule has 31 heavy (non-hydrogen) atoms. The zero-order valence-corrected chi connectivity index (χ0v) is 30.7. The van der Waals surface area contributed by atoms with Crippen LogP contribution in [0.5, 0.6) is 0 Å². The predicted octanol–water partition coefficient (Wildman–Crippen LogP) is 9.05. The van der Waals surface area contributed by atoms with Gasteiger partial charge in [-0.05, 0) is 0 Å². The molecular formula is C26H62Mg5. The van der Waals surface area contributed by atoms with Crippen LogP contribution >= 0.6 is 0 Å². The fourth-order valence-corrected chi connectivity index (χ4v) is 0.854. The molecule has 0 nitrogen and oxygen atoms in total. The zero-order chi connectivity index (χ0) is 21.9. The van der Waals surface area contributed by atoms with Crippen molar-refractivity contribution in [3.63, 3.8) is 0 Å². The molecule has 0 amide bonds. The Morgan fingerprint density at radius 1 is 0.355 bits per heavy atom. The average molecular weight is 496 g/mol. The quantitative estimate of drug-likeness (QED) is 0.170. The van der Waals surface area contributed by atoms with Gasteiger partial charge in [0.1, 0.15) is 0 Å². The van der Waals surface area contributed by atoms with E-state index in [1.807, 2.05) is 0 Å². The summed E-state index contributed by atoms with van der Waals surface area (Å²) in [7, 11) is 0. The molecule has 0 fully saturated rings. The maximum atomic E-state index is 3.72. The minimum atomic E-state index is 0. The van der Waals surface area contributed by atoms with Gasteiger partial charge in [-0.15, -0.1) is 0 Å². The van der Waals surface area contributed by atoms with Gasteiger partial charge in [-0.2, -0.15) is 39.0 Å². The Balaban J connectivity index is -0.0000000102. The van der Waals surface area contributed by atoms with E-state index in [1.165, 1.54) is 57.8 Å². The van der Waals surface area contributed by atoms with Crippen molar-refractivity contribution in [2.45, 2.75) is 131 Å². The Morgan fingerprint density at radius 2 is 0.516 bits per heavy atom. The smallest absolute Gasteiger partial charge is 1.00 e. The van der Waals surface area contributed by atoms with Crippen molar-refractivity contribution >= 4 is 115 Å². The van der Waals surface area contributed by atoms with Crippen molar-refractivity contribution in [2.24, 2.45) is 0 Å². The van der Waals surface area contributed by atoms with Crippen LogP contribution in [-0.4, -0.2) is 115 Å². The molecule has 0 saturated carbocycles. The van der Waals surface area contributed by atoms with E-state index >= 15 is 0 Å². The molecular weight excluding hydrogens is 434 g/mol. The molecule has 0 radical (unpaired) electrons. The summed E-state index contributed by atoms with van der Waals surface area (Å²) in [5.74, 6) is 0. The third-order valence-electron chi connectivity index (χ3n) is 2.77. The van der Waals surface area contributed by atoms with Gasteiger partial charge in [-0.25, -0.2) is 0 Å². The maximum Gasteiger partial charge on any atom is 2.00 e. The van der Waals surface area contributed by atoms with E-state index in [1.54, 1.807) is 6.92 Å². The van der Waals surface area contributed by atoms with Gasteiger partial charge in [-0.1, -0.05) is 92.4 Å². The maximum absolute atomic E-state index is 3.72. The van der Waals surface area contributed by atoms with Crippen LogP contribution in [0, 0.1) is 41.5 Å². The van der Waals surface area contributed by atoms with Gasteiger partial charge in [0, 0.05) is 0 Å². The molecule has 5 heteroatoms. The zero-order valence-electron chi connectivity index (χ0n) is 27.7. The van der Waals surface area contributed by atoms with E-state index in [9.17, 15) is 0 Å². The summed E-state index contributed by atoms with van der Waals surface area (Å²) in [5, 5.41) is 0. The normalized spacial score (nSPS) is 6.58. The van der Waals surface area contributed by atoms with Gasteiger partial charge in [0.25, 0.3) is 0 Å². The van der Waals surface area contributed by atoms with Crippen molar-refractivity contribution in [2.75, 3.05) is 0 Å². The van der Waals surface area contributed by atoms with E-state index < -0.39 is 0 Å². The van der Waals surface area contributed by atoms with Crippen LogP contribution < -0.4 is 0 Å². The summed E-state index contributed by atoms with van der Waals surface area (Å²) in [6, 6.07) is 0. The fourth-order valence-electron chi connectivity index (χ4n) is 0.854. The summed E-state index contributed by atoms with van der Waals surface area (Å²) in [6.07, 6.45) is 17.0. The third kappa shape index (κ3) is 208. The van der Waals surface area contributed by atoms with Crippen LogP contribution in [0.25, 0.3) is 0 Å². The van der Waals surface area contributed by atoms with Crippen LogP contribution in [-0.2, 0) is 0 Å². The summed E-state index contributed by atoms with van der Waals surface area (Å²) in [5.41, 5.74) is 0. The molecule has 0 aromatic carbocycles. The Bertz CT molecular complexity index is 113. The minimum Gasteiger partial charge on any atom is -1.00 e. The second kappa shape index (κ2) is 115. The van der Waals surface area contributed by atoms with Crippen molar-refractivity contribution < 1.29 is 5.71 Å². The first-order valence-corrected chi connectivity index (χ1v) is 11.2. The first kappa shape index (κ1) is 70.2. The molecule has 0 N–H and O–H groups in total. The Hall–Kier alpha value is 3.83. The number of hydrogen-bond donors (Lipinski definition) is 0. The van der Waals surface area contributed by atoms with Crippen LogP contribution in [0.2, 0.25) is 0 Å². The molecule has 0 heterocycles. The summed E-state index contributed by atoms with van der Waals surface area (Å²) in [6.45, 7) is 34.0. The number of unbranched alkanes of at least 4 members (excludes halogenated alkanes) is 9. The molecule has 0 aliphatic heterocycles. The summed E-state index contributed by atoms with van der Waals surface area (Å²) >= 11 is 0. The van der Waals surface area contributed by atoms with Crippen LogP contribution in [0.4, 0.5) is 0 Å². The first-order chi connectivity index (χ1) is 12.6.